The fourth-order valence-corrected chi connectivity index (χ4v) is 5.11. The Hall–Kier alpha value is -5.30. The van der Waals surface area contributed by atoms with E-state index in [0.29, 0.717) is 25.7 Å². The Bertz CT molecular complexity index is 1490. The molecule has 1 unspecified atom stereocenters. The van der Waals surface area contributed by atoms with Gasteiger partial charge in [-0.25, -0.2) is 0 Å². The number of amides is 4. The number of carbonyl (C=O) groups excluding carboxylic acids is 4. The number of rotatable bonds is 20. The molecule has 10 N–H and O–H groups in total. The van der Waals surface area contributed by atoms with Crippen LogP contribution in [0.4, 0.5) is 0 Å². The van der Waals surface area contributed by atoms with Gasteiger partial charge in [-0.2, -0.15) is 0 Å². The topological polar surface area (TPSA) is 220 Å². The standard InChI is InChI=1S/C36H49N9O4/c1-2-3-15-30(34(48)43-29(16-10-19-41-36(38)39)33(47)42-24-27-17-20-40-21-18-27)44-35(49)31(23-26-13-8-5-9-14-26)45-32(46)28(37)22-25-11-6-4-7-12-25/h4-9,11-14,17-18,20-21,28-31H,2-3,10,15-16,19,22-24,37H2,1H3,(H,42,47)(H,43,48)(H,44,49)(H,45,46)(H4,38,39,41)/t28?,29-,30-,31-/m1/s1. The van der Waals surface area contributed by atoms with Gasteiger partial charge in [-0.15, -0.1) is 0 Å². The summed E-state index contributed by atoms with van der Waals surface area (Å²) in [6, 6.07) is 18.4. The Kier molecular flexibility index (Phi) is 16.2. The maximum Gasteiger partial charge on any atom is 0.243 e. The number of nitrogens with one attached hydrogen (secondary N) is 4. The molecule has 0 aliphatic carbocycles. The van der Waals surface area contributed by atoms with Crippen molar-refractivity contribution in [3.05, 3.63) is 102 Å². The number of hydrogen-bond donors (Lipinski definition) is 7. The molecule has 4 amide bonds. The first-order valence-corrected chi connectivity index (χ1v) is 16.6. The normalized spacial score (nSPS) is 13.2. The van der Waals surface area contributed by atoms with Crippen molar-refractivity contribution in [3.8, 4) is 0 Å². The van der Waals surface area contributed by atoms with Gasteiger partial charge in [-0.1, -0.05) is 80.4 Å². The van der Waals surface area contributed by atoms with Gasteiger partial charge in [-0.3, -0.25) is 29.2 Å². The Morgan fingerprint density at radius 3 is 1.80 bits per heavy atom. The zero-order valence-corrected chi connectivity index (χ0v) is 28.0. The van der Waals surface area contributed by atoms with Gasteiger partial charge in [0.2, 0.25) is 23.6 Å². The van der Waals surface area contributed by atoms with E-state index in [4.69, 9.17) is 17.2 Å². The molecule has 0 fully saturated rings. The summed E-state index contributed by atoms with van der Waals surface area (Å²) in [6.45, 7) is 2.49. The number of guanidine groups is 1. The van der Waals surface area contributed by atoms with Gasteiger partial charge in [0.25, 0.3) is 0 Å². The van der Waals surface area contributed by atoms with Crippen LogP contribution >= 0.6 is 0 Å². The second-order valence-electron chi connectivity index (χ2n) is 11.8. The molecule has 0 bridgehead atoms. The summed E-state index contributed by atoms with van der Waals surface area (Å²) in [6.07, 6.45) is 6.14. The number of aliphatic imine (C=N–C) groups is 1. The number of benzene rings is 2. The first kappa shape index (κ1) is 38.2. The molecule has 0 saturated carbocycles. The first-order valence-electron chi connectivity index (χ1n) is 16.6. The highest BCUT2D eigenvalue weighted by Crippen LogP contribution is 2.09. The predicted octanol–water partition coefficient (Wildman–Crippen LogP) is 1.21. The van der Waals surface area contributed by atoms with Crippen LogP contribution in [0.1, 0.15) is 55.7 Å². The van der Waals surface area contributed by atoms with Crippen molar-refractivity contribution in [2.24, 2.45) is 22.2 Å². The van der Waals surface area contributed by atoms with E-state index in [1.165, 1.54) is 0 Å². The second-order valence-corrected chi connectivity index (χ2v) is 11.8. The molecule has 13 nitrogen and oxygen atoms in total. The first-order chi connectivity index (χ1) is 23.7. The molecule has 13 heteroatoms. The molecular weight excluding hydrogens is 622 g/mol. The molecule has 3 rings (SSSR count). The molecule has 2 aromatic carbocycles. The highest BCUT2D eigenvalue weighted by atomic mass is 16.2. The molecule has 262 valence electrons. The minimum Gasteiger partial charge on any atom is -0.370 e. The highest BCUT2D eigenvalue weighted by molar-refractivity contribution is 5.95. The average molecular weight is 672 g/mol. The van der Waals surface area contributed by atoms with Gasteiger partial charge >= 0.3 is 0 Å². The summed E-state index contributed by atoms with van der Waals surface area (Å²) in [5, 5.41) is 11.4. The van der Waals surface area contributed by atoms with E-state index in [0.717, 1.165) is 23.1 Å². The third kappa shape index (κ3) is 14.2. The fraction of sp³-hybridized carbons (Fsp3) is 0.389. The van der Waals surface area contributed by atoms with E-state index in [9.17, 15) is 19.2 Å². The zero-order valence-electron chi connectivity index (χ0n) is 28.0. The van der Waals surface area contributed by atoms with Crippen molar-refractivity contribution < 1.29 is 19.2 Å². The van der Waals surface area contributed by atoms with Crippen LogP contribution in [0.3, 0.4) is 0 Å². The fourth-order valence-electron chi connectivity index (χ4n) is 5.11. The van der Waals surface area contributed by atoms with Gasteiger partial charge in [0.05, 0.1) is 6.04 Å². The van der Waals surface area contributed by atoms with Crippen LogP contribution in [-0.4, -0.2) is 65.3 Å². The van der Waals surface area contributed by atoms with Crippen molar-refractivity contribution in [3.63, 3.8) is 0 Å². The molecule has 4 atom stereocenters. The van der Waals surface area contributed by atoms with Crippen molar-refractivity contribution in [2.75, 3.05) is 6.54 Å². The quantitative estimate of drug-likeness (QED) is 0.0525. The number of nitrogens with zero attached hydrogens (tertiary/aromatic N) is 2. The predicted molar refractivity (Wildman–Crippen MR) is 190 cm³/mol. The van der Waals surface area contributed by atoms with Crippen LogP contribution in [0.2, 0.25) is 0 Å². The monoisotopic (exact) mass is 671 g/mol. The molecule has 0 spiro atoms. The summed E-state index contributed by atoms with van der Waals surface area (Å²) in [5.41, 5.74) is 19.7. The van der Waals surface area contributed by atoms with Crippen molar-refractivity contribution in [1.82, 2.24) is 26.3 Å². The molecule has 3 aromatic rings. The van der Waals surface area contributed by atoms with Crippen molar-refractivity contribution in [1.29, 1.82) is 0 Å². The van der Waals surface area contributed by atoms with E-state index in [-0.39, 0.29) is 31.9 Å². The van der Waals surface area contributed by atoms with Crippen molar-refractivity contribution >= 4 is 29.6 Å². The number of hydrogen-bond acceptors (Lipinski definition) is 7. The summed E-state index contributed by atoms with van der Waals surface area (Å²) in [7, 11) is 0. The maximum absolute atomic E-state index is 13.8. The van der Waals surface area contributed by atoms with Crippen LogP contribution in [0.5, 0.6) is 0 Å². The lowest BCUT2D eigenvalue weighted by molar-refractivity contribution is -0.134. The molecule has 0 aliphatic rings. The van der Waals surface area contributed by atoms with Crippen LogP contribution in [-0.2, 0) is 38.6 Å². The van der Waals surface area contributed by atoms with Gasteiger partial charge in [-0.05, 0) is 54.5 Å². The summed E-state index contributed by atoms with van der Waals surface area (Å²) >= 11 is 0. The van der Waals surface area contributed by atoms with Crippen LogP contribution in [0, 0.1) is 0 Å². The lowest BCUT2D eigenvalue weighted by Crippen LogP contribution is -2.58. The molecule has 0 aliphatic heterocycles. The van der Waals surface area contributed by atoms with E-state index in [1.807, 2.05) is 67.6 Å². The Morgan fingerprint density at radius 1 is 0.673 bits per heavy atom. The van der Waals surface area contributed by atoms with Gasteiger partial charge in [0.1, 0.15) is 18.1 Å². The van der Waals surface area contributed by atoms with Gasteiger partial charge < -0.3 is 38.5 Å². The summed E-state index contributed by atoms with van der Waals surface area (Å²) in [4.78, 5) is 62.1. The Morgan fingerprint density at radius 2 is 1.20 bits per heavy atom. The summed E-state index contributed by atoms with van der Waals surface area (Å²) in [5.74, 6) is -1.99. The number of pyridine rings is 1. The molecular formula is C36H49N9O4. The van der Waals surface area contributed by atoms with Crippen LogP contribution < -0.4 is 38.5 Å². The number of nitrogens with two attached hydrogens (primary N) is 3. The van der Waals surface area contributed by atoms with Crippen LogP contribution in [0.25, 0.3) is 0 Å². The average Bonchev–Trinajstić information content (AvgIpc) is 3.10. The molecule has 0 radical (unpaired) electrons. The third-order valence-corrected chi connectivity index (χ3v) is 7.82. The Balaban J connectivity index is 1.75. The van der Waals surface area contributed by atoms with E-state index >= 15 is 0 Å². The minimum absolute atomic E-state index is 0.0664. The second kappa shape index (κ2) is 20.8. The van der Waals surface area contributed by atoms with Crippen LogP contribution in [0.15, 0.2) is 90.2 Å². The SMILES string of the molecule is CCCC[C@@H](NC(=O)[C@@H](Cc1ccccc1)NC(=O)C(N)Cc1ccccc1)C(=O)N[C@H](CCCN=C(N)N)C(=O)NCc1ccncc1. The third-order valence-electron chi connectivity index (χ3n) is 7.82. The van der Waals surface area contributed by atoms with Gasteiger partial charge in [0, 0.05) is 31.9 Å². The molecule has 49 heavy (non-hydrogen) atoms. The number of unbranched alkanes of at least 4 members (excludes halogenated alkanes) is 1. The Labute approximate surface area is 287 Å². The van der Waals surface area contributed by atoms with Crippen molar-refractivity contribution in [2.45, 2.75) is 82.6 Å². The van der Waals surface area contributed by atoms with E-state index in [1.54, 1.807) is 24.5 Å². The largest absolute Gasteiger partial charge is 0.370 e. The minimum atomic E-state index is -1.01. The maximum atomic E-state index is 13.8. The van der Waals surface area contributed by atoms with E-state index < -0.39 is 47.8 Å². The summed E-state index contributed by atoms with van der Waals surface area (Å²) < 4.78 is 0. The molecule has 0 saturated heterocycles. The lowest BCUT2D eigenvalue weighted by Gasteiger charge is -2.26. The lowest BCUT2D eigenvalue weighted by atomic mass is 10.0. The molecule has 1 aromatic heterocycles. The number of aromatic nitrogens is 1. The van der Waals surface area contributed by atoms with Gasteiger partial charge in [0.15, 0.2) is 5.96 Å². The highest BCUT2D eigenvalue weighted by Gasteiger charge is 2.30. The smallest absolute Gasteiger partial charge is 0.243 e. The zero-order chi connectivity index (χ0) is 35.4. The van der Waals surface area contributed by atoms with E-state index in [2.05, 4.69) is 31.2 Å². The molecule has 1 heterocycles. The number of carbonyl (C=O) groups is 4.